The van der Waals surface area contributed by atoms with Crippen molar-refractivity contribution in [1.29, 1.82) is 0 Å². The van der Waals surface area contributed by atoms with Crippen molar-refractivity contribution in [3.05, 3.63) is 201 Å². The second-order valence-corrected chi connectivity index (χ2v) is 15.6. The lowest BCUT2D eigenvalue weighted by molar-refractivity contribution is 1.09. The SMILES string of the molecule is c1cnc2c(-n3c(-c4cc(-c5nc6ccccc6n5-c5cccc6cccnc56)cc(-c5nc6ccccc6n5-c5cccc6cccnc56)c4)nc4ccccc43)cccc2c1. The molecule has 0 N–H and O–H groups in total. The molecule has 0 saturated carbocycles. The number of imidazole rings is 3. The van der Waals surface area contributed by atoms with Crippen LogP contribution in [0.5, 0.6) is 0 Å². The molecule has 294 valence electrons. The highest BCUT2D eigenvalue weighted by atomic mass is 15.1. The van der Waals surface area contributed by atoms with Crippen LogP contribution in [0.4, 0.5) is 0 Å². The molecule has 0 aliphatic heterocycles. The topological polar surface area (TPSA) is 92.1 Å². The maximum Gasteiger partial charge on any atom is 0.145 e. The predicted octanol–water partition coefficient (Wildman–Crippen LogP) is 12.3. The van der Waals surface area contributed by atoms with Gasteiger partial charge in [0.05, 0.1) is 66.7 Å². The van der Waals surface area contributed by atoms with Crippen molar-refractivity contribution in [2.45, 2.75) is 0 Å². The van der Waals surface area contributed by atoms with Gasteiger partial charge in [-0.1, -0.05) is 91.0 Å². The van der Waals surface area contributed by atoms with Crippen LogP contribution in [0.2, 0.25) is 0 Å². The van der Waals surface area contributed by atoms with E-state index in [0.717, 1.165) is 117 Å². The van der Waals surface area contributed by atoms with E-state index in [-0.39, 0.29) is 0 Å². The third-order valence-corrected chi connectivity index (χ3v) is 11.9. The minimum atomic E-state index is 0.765. The van der Waals surface area contributed by atoms with Crippen LogP contribution in [0.25, 0.3) is 117 Å². The lowest BCUT2D eigenvalue weighted by atomic mass is 10.0. The molecule has 0 saturated heterocycles. The van der Waals surface area contributed by atoms with E-state index in [9.17, 15) is 0 Å². The molecule has 0 unspecified atom stereocenters. The summed E-state index contributed by atoms with van der Waals surface area (Å²) in [6.07, 6.45) is 5.55. The zero-order valence-electron chi connectivity index (χ0n) is 33.6. The highest BCUT2D eigenvalue weighted by Gasteiger charge is 2.24. The fourth-order valence-electron chi connectivity index (χ4n) is 9.21. The van der Waals surface area contributed by atoms with E-state index in [1.165, 1.54) is 0 Å². The number of benzene rings is 7. The summed E-state index contributed by atoms with van der Waals surface area (Å²) < 4.78 is 6.72. The minimum Gasteiger partial charge on any atom is -0.290 e. The summed E-state index contributed by atoms with van der Waals surface area (Å²) in [6, 6.07) is 62.6. The summed E-state index contributed by atoms with van der Waals surface area (Å²) in [5.74, 6) is 2.30. The summed E-state index contributed by atoms with van der Waals surface area (Å²) >= 11 is 0. The third kappa shape index (κ3) is 5.50. The highest BCUT2D eigenvalue weighted by molar-refractivity contribution is 5.96. The Labute approximate surface area is 359 Å². The molecule has 7 aromatic carbocycles. The number of fused-ring (bicyclic) bond motifs is 6. The molecule has 13 aromatic rings. The van der Waals surface area contributed by atoms with Crippen molar-refractivity contribution in [3.8, 4) is 51.2 Å². The number of nitrogens with zero attached hydrogens (tertiary/aromatic N) is 9. The van der Waals surface area contributed by atoms with E-state index >= 15 is 0 Å². The first-order valence-electron chi connectivity index (χ1n) is 20.9. The van der Waals surface area contributed by atoms with Crippen molar-refractivity contribution < 1.29 is 0 Å². The van der Waals surface area contributed by atoms with Gasteiger partial charge >= 0.3 is 0 Å². The first-order chi connectivity index (χ1) is 31.2. The zero-order chi connectivity index (χ0) is 41.4. The Morgan fingerprint density at radius 2 is 0.587 bits per heavy atom. The summed E-state index contributed by atoms with van der Waals surface area (Å²) in [6.45, 7) is 0. The molecule has 9 nitrogen and oxygen atoms in total. The van der Waals surface area contributed by atoms with Crippen LogP contribution >= 0.6 is 0 Å². The molecule has 0 amide bonds. The third-order valence-electron chi connectivity index (χ3n) is 11.9. The Kier molecular flexibility index (Phi) is 7.70. The Balaban J connectivity index is 1.16. The molecule has 0 radical (unpaired) electrons. The van der Waals surface area contributed by atoms with E-state index in [4.69, 9.17) is 29.9 Å². The second kappa shape index (κ2) is 13.9. The van der Waals surface area contributed by atoms with Crippen LogP contribution in [-0.2, 0) is 0 Å². The van der Waals surface area contributed by atoms with Crippen LogP contribution in [0.15, 0.2) is 201 Å². The van der Waals surface area contributed by atoms with Gasteiger partial charge in [-0.15, -0.1) is 0 Å². The van der Waals surface area contributed by atoms with Gasteiger partial charge < -0.3 is 0 Å². The van der Waals surface area contributed by atoms with Crippen molar-refractivity contribution >= 4 is 65.8 Å². The predicted molar refractivity (Wildman–Crippen MR) is 253 cm³/mol. The van der Waals surface area contributed by atoms with Crippen LogP contribution < -0.4 is 0 Å². The Hall–Kier alpha value is -8.82. The second-order valence-electron chi connectivity index (χ2n) is 15.6. The van der Waals surface area contributed by atoms with E-state index in [2.05, 4.69) is 159 Å². The number of para-hydroxylation sites is 9. The molecule has 0 fully saturated rings. The van der Waals surface area contributed by atoms with Gasteiger partial charge in [-0.2, -0.15) is 0 Å². The van der Waals surface area contributed by atoms with Crippen LogP contribution in [0, 0.1) is 0 Å². The fraction of sp³-hybridized carbons (Fsp3) is 0. The number of hydrogen-bond acceptors (Lipinski definition) is 6. The zero-order valence-corrected chi connectivity index (χ0v) is 33.6. The van der Waals surface area contributed by atoms with Gasteiger partial charge in [0.2, 0.25) is 0 Å². The van der Waals surface area contributed by atoms with Crippen LogP contribution in [0.1, 0.15) is 0 Å². The first-order valence-corrected chi connectivity index (χ1v) is 20.9. The van der Waals surface area contributed by atoms with E-state index in [0.29, 0.717) is 0 Å². The molecule has 13 rings (SSSR count). The van der Waals surface area contributed by atoms with Crippen LogP contribution in [0.3, 0.4) is 0 Å². The Bertz CT molecular complexity index is 3520. The monoisotopic (exact) mass is 807 g/mol. The van der Waals surface area contributed by atoms with Gasteiger partial charge in [0.1, 0.15) is 17.5 Å². The summed E-state index contributed by atoms with van der Waals surface area (Å²) in [5.41, 5.74) is 13.7. The molecule has 0 spiro atoms. The van der Waals surface area contributed by atoms with Crippen molar-refractivity contribution in [3.63, 3.8) is 0 Å². The van der Waals surface area contributed by atoms with E-state index in [1.54, 1.807) is 0 Å². The average molecular weight is 808 g/mol. The molecular weight excluding hydrogens is 775 g/mol. The maximum absolute atomic E-state index is 5.42. The van der Waals surface area contributed by atoms with E-state index < -0.39 is 0 Å². The van der Waals surface area contributed by atoms with Crippen LogP contribution in [-0.4, -0.2) is 43.6 Å². The Morgan fingerprint density at radius 1 is 0.286 bits per heavy atom. The number of rotatable bonds is 6. The minimum absolute atomic E-state index is 0.765. The maximum atomic E-state index is 5.42. The van der Waals surface area contributed by atoms with Gasteiger partial charge in [-0.3, -0.25) is 28.7 Å². The molecule has 0 bridgehead atoms. The molecule has 9 heteroatoms. The molecule has 0 atom stereocenters. The largest absolute Gasteiger partial charge is 0.290 e. The fourth-order valence-corrected chi connectivity index (χ4v) is 9.21. The van der Waals surface area contributed by atoms with Gasteiger partial charge in [0.15, 0.2) is 0 Å². The quantitative estimate of drug-likeness (QED) is 0.166. The van der Waals surface area contributed by atoms with Crippen molar-refractivity contribution in [2.24, 2.45) is 0 Å². The van der Waals surface area contributed by atoms with Gasteiger partial charge in [0.25, 0.3) is 0 Å². The summed E-state index contributed by atoms with van der Waals surface area (Å²) in [4.78, 5) is 31.0. The lowest BCUT2D eigenvalue weighted by Crippen LogP contribution is -2.03. The van der Waals surface area contributed by atoms with Gasteiger partial charge in [0, 0.05) is 51.4 Å². The molecule has 63 heavy (non-hydrogen) atoms. The van der Waals surface area contributed by atoms with Gasteiger partial charge in [-0.25, -0.2) is 15.0 Å². The number of aromatic nitrogens is 9. The summed E-state index contributed by atoms with van der Waals surface area (Å²) in [5, 5.41) is 3.13. The smallest absolute Gasteiger partial charge is 0.145 e. The summed E-state index contributed by atoms with van der Waals surface area (Å²) in [7, 11) is 0. The van der Waals surface area contributed by atoms with E-state index in [1.807, 2.05) is 55.0 Å². The molecule has 6 aromatic heterocycles. The molecule has 6 heterocycles. The van der Waals surface area contributed by atoms with Crippen molar-refractivity contribution in [2.75, 3.05) is 0 Å². The first kappa shape index (κ1) is 35.0. The molecule has 0 aliphatic rings. The number of pyridine rings is 3. The standard InChI is InChI=1S/C54H33N9/c1-4-22-43-40(19-1)58-52(61(43)46-25-7-13-34-16-10-28-55-49(34)46)37-31-38(53-59-41-20-2-5-23-44(41)62(53)47-26-8-14-35-17-11-29-56-50(35)47)33-39(32-37)54-60-42-21-3-6-24-45(42)63(54)48-27-9-15-36-18-12-30-57-51(36)48/h1-33H. The normalized spacial score (nSPS) is 11.8. The lowest BCUT2D eigenvalue weighted by Gasteiger charge is -2.17. The Morgan fingerprint density at radius 3 is 0.921 bits per heavy atom. The molecular formula is C54H33N9. The molecule has 0 aliphatic carbocycles. The van der Waals surface area contributed by atoms with Crippen molar-refractivity contribution in [1.82, 2.24) is 43.6 Å². The average Bonchev–Trinajstić information content (AvgIpc) is 4.06. The van der Waals surface area contributed by atoms with Gasteiger partial charge in [-0.05, 0) is 91.0 Å². The highest BCUT2D eigenvalue weighted by Crippen LogP contribution is 2.40. The number of hydrogen-bond donors (Lipinski definition) is 0.